The Morgan fingerprint density at radius 3 is 2.81 bits per heavy atom. The Morgan fingerprint density at radius 1 is 1.38 bits per heavy atom. The van der Waals surface area contributed by atoms with Crippen LogP contribution in [0.2, 0.25) is 0 Å². The first-order chi connectivity index (χ1) is 10.0. The fourth-order valence-corrected chi connectivity index (χ4v) is 2.02. The maximum atomic E-state index is 12.0. The molecule has 21 heavy (non-hydrogen) atoms. The van der Waals surface area contributed by atoms with Crippen molar-refractivity contribution in [1.82, 2.24) is 5.32 Å². The molecule has 1 N–H and O–H groups in total. The van der Waals surface area contributed by atoms with Crippen LogP contribution in [-0.4, -0.2) is 23.8 Å². The summed E-state index contributed by atoms with van der Waals surface area (Å²) in [5.74, 6) is -2.31. The van der Waals surface area contributed by atoms with Crippen LogP contribution in [0, 0.1) is 10.1 Å². The van der Waals surface area contributed by atoms with Gasteiger partial charge in [-0.15, -0.1) is 0 Å². The van der Waals surface area contributed by atoms with E-state index in [9.17, 15) is 19.7 Å². The number of nitro groups is 1. The molecule has 1 aliphatic heterocycles. The zero-order chi connectivity index (χ0) is 15.4. The number of methoxy groups -OCH3 is 1. The van der Waals surface area contributed by atoms with Crippen LogP contribution in [0.4, 0.5) is 5.69 Å². The Labute approximate surface area is 120 Å². The smallest absolute Gasteiger partial charge is 0.379 e. The number of ketones is 1. The van der Waals surface area contributed by atoms with Crippen LogP contribution in [0.5, 0.6) is 0 Å². The molecule has 1 unspecified atom stereocenters. The summed E-state index contributed by atoms with van der Waals surface area (Å²) in [5.41, 5.74) is 0.639. The Balaban J connectivity index is 2.38. The van der Waals surface area contributed by atoms with Crippen molar-refractivity contribution in [1.29, 1.82) is 0 Å². The lowest BCUT2D eigenvalue weighted by molar-refractivity contribution is -0.384. The molecule has 2 rings (SSSR count). The lowest BCUT2D eigenvalue weighted by atomic mass is 9.87. The molecule has 1 aliphatic rings. The number of dihydropyridines is 1. The number of esters is 1. The Morgan fingerprint density at radius 2 is 2.14 bits per heavy atom. The zero-order valence-electron chi connectivity index (χ0n) is 11.1. The van der Waals surface area contributed by atoms with Crippen molar-refractivity contribution in [2.45, 2.75) is 5.92 Å². The molecule has 0 spiro atoms. The molecule has 1 aromatic rings. The fourth-order valence-electron chi connectivity index (χ4n) is 2.02. The highest BCUT2D eigenvalue weighted by atomic mass is 16.6. The number of hydrogen-bond donors (Lipinski definition) is 1. The number of carbonyl (C=O) groups is 2. The van der Waals surface area contributed by atoms with Crippen molar-refractivity contribution in [3.63, 3.8) is 0 Å². The highest BCUT2D eigenvalue weighted by molar-refractivity contribution is 6.40. The van der Waals surface area contributed by atoms with Gasteiger partial charge in [0.1, 0.15) is 0 Å². The van der Waals surface area contributed by atoms with Crippen LogP contribution in [0.25, 0.3) is 0 Å². The number of nitrogens with zero attached hydrogens (tertiary/aromatic N) is 1. The zero-order valence-corrected chi connectivity index (χ0v) is 11.1. The monoisotopic (exact) mass is 288 g/mol. The summed E-state index contributed by atoms with van der Waals surface area (Å²) in [6.45, 7) is 0. The van der Waals surface area contributed by atoms with Crippen LogP contribution < -0.4 is 5.32 Å². The van der Waals surface area contributed by atoms with Gasteiger partial charge in [-0.25, -0.2) is 4.79 Å². The molecule has 7 nitrogen and oxygen atoms in total. The van der Waals surface area contributed by atoms with Crippen molar-refractivity contribution < 1.29 is 19.2 Å². The molecule has 0 aliphatic carbocycles. The normalized spacial score (nSPS) is 16.6. The number of non-ortho nitro benzene ring substituents is 1. The summed E-state index contributed by atoms with van der Waals surface area (Å²) in [4.78, 5) is 33.7. The molecule has 0 saturated carbocycles. The third-order valence-corrected chi connectivity index (χ3v) is 3.03. The van der Waals surface area contributed by atoms with Crippen LogP contribution in [0.3, 0.4) is 0 Å². The van der Waals surface area contributed by atoms with Gasteiger partial charge in [0.05, 0.1) is 12.0 Å². The first-order valence-electron chi connectivity index (χ1n) is 6.04. The second-order valence-electron chi connectivity index (χ2n) is 4.28. The molecule has 0 fully saturated rings. The molecule has 0 bridgehead atoms. The largest absolute Gasteiger partial charge is 0.463 e. The SMILES string of the molecule is COC(=O)C(=O)C1=CNC=CC1c1cccc([N+](=O)[O-])c1. The first kappa shape index (κ1) is 14.4. The number of nitrogens with one attached hydrogen (secondary N) is 1. The predicted molar refractivity (Wildman–Crippen MR) is 73.2 cm³/mol. The minimum Gasteiger partial charge on any atom is -0.463 e. The van der Waals surface area contributed by atoms with Gasteiger partial charge in [-0.05, 0) is 11.8 Å². The van der Waals surface area contributed by atoms with E-state index >= 15 is 0 Å². The minimum absolute atomic E-state index is 0.0794. The summed E-state index contributed by atoms with van der Waals surface area (Å²) in [6.07, 6.45) is 4.63. The molecule has 0 saturated heterocycles. The number of ether oxygens (including phenoxy) is 1. The molecule has 0 aromatic heterocycles. The highest BCUT2D eigenvalue weighted by Gasteiger charge is 2.28. The number of allylic oxidation sites excluding steroid dienone is 1. The number of rotatable bonds is 4. The van der Waals surface area contributed by atoms with Crippen molar-refractivity contribution in [3.8, 4) is 0 Å². The van der Waals surface area contributed by atoms with Gasteiger partial charge in [0.2, 0.25) is 0 Å². The van der Waals surface area contributed by atoms with E-state index in [1.807, 2.05) is 0 Å². The molecule has 1 atom stereocenters. The van der Waals surface area contributed by atoms with Gasteiger partial charge in [0.15, 0.2) is 0 Å². The fraction of sp³-hybridized carbons (Fsp3) is 0.143. The van der Waals surface area contributed by atoms with Gasteiger partial charge in [0.25, 0.3) is 11.5 Å². The van der Waals surface area contributed by atoms with E-state index in [-0.39, 0.29) is 11.3 Å². The van der Waals surface area contributed by atoms with Crippen molar-refractivity contribution >= 4 is 17.4 Å². The molecule has 108 valence electrons. The Bertz CT molecular complexity index is 663. The maximum absolute atomic E-state index is 12.0. The lowest BCUT2D eigenvalue weighted by Gasteiger charge is -2.19. The number of carbonyl (C=O) groups excluding carboxylic acids is 2. The van der Waals surface area contributed by atoms with E-state index in [0.29, 0.717) is 5.56 Å². The van der Waals surface area contributed by atoms with E-state index in [2.05, 4.69) is 10.1 Å². The highest BCUT2D eigenvalue weighted by Crippen LogP contribution is 2.30. The number of nitro benzene ring substituents is 1. The number of Topliss-reactive ketones (excluding diaryl/α,β-unsaturated/α-hetero) is 1. The third-order valence-electron chi connectivity index (χ3n) is 3.03. The first-order valence-corrected chi connectivity index (χ1v) is 6.04. The molecule has 0 amide bonds. The standard InChI is InChI=1S/C14H12N2O5/c1-21-14(18)13(17)12-8-15-6-5-11(12)9-3-2-4-10(7-9)16(19)20/h2-8,11,15H,1H3. The average molecular weight is 288 g/mol. The van der Waals surface area contributed by atoms with Crippen molar-refractivity contribution in [2.24, 2.45) is 0 Å². The van der Waals surface area contributed by atoms with Gasteiger partial charge >= 0.3 is 5.97 Å². The molecular weight excluding hydrogens is 276 g/mol. The van der Waals surface area contributed by atoms with Gasteiger partial charge in [-0.1, -0.05) is 18.2 Å². The maximum Gasteiger partial charge on any atom is 0.379 e. The lowest BCUT2D eigenvalue weighted by Crippen LogP contribution is -2.24. The van der Waals surface area contributed by atoms with Crippen LogP contribution in [0.1, 0.15) is 11.5 Å². The van der Waals surface area contributed by atoms with E-state index in [0.717, 1.165) is 7.11 Å². The Hall–Kier alpha value is -2.96. The summed E-state index contributed by atoms with van der Waals surface area (Å²) in [6, 6.07) is 5.92. The predicted octanol–water partition coefficient (Wildman–Crippen LogP) is 1.42. The Kier molecular flexibility index (Phi) is 4.13. The molecule has 7 heteroatoms. The van der Waals surface area contributed by atoms with Gasteiger partial charge in [0, 0.05) is 29.8 Å². The van der Waals surface area contributed by atoms with Crippen LogP contribution in [-0.2, 0) is 14.3 Å². The van der Waals surface area contributed by atoms with Gasteiger partial charge in [-0.3, -0.25) is 14.9 Å². The minimum atomic E-state index is -0.978. The molecule has 1 heterocycles. The summed E-state index contributed by atoms with van der Waals surface area (Å²) in [7, 11) is 1.12. The van der Waals surface area contributed by atoms with E-state index in [4.69, 9.17) is 0 Å². The molecular formula is C14H12N2O5. The summed E-state index contributed by atoms with van der Waals surface area (Å²) < 4.78 is 4.42. The second kappa shape index (κ2) is 6.00. The number of benzene rings is 1. The summed E-state index contributed by atoms with van der Waals surface area (Å²) >= 11 is 0. The quantitative estimate of drug-likeness (QED) is 0.389. The van der Waals surface area contributed by atoms with Crippen LogP contribution >= 0.6 is 0 Å². The van der Waals surface area contributed by atoms with Crippen molar-refractivity contribution in [3.05, 3.63) is 64.0 Å². The van der Waals surface area contributed by atoms with E-state index in [1.165, 1.54) is 24.4 Å². The number of hydrogen-bond acceptors (Lipinski definition) is 6. The topological polar surface area (TPSA) is 98.5 Å². The van der Waals surface area contributed by atoms with Crippen LogP contribution in [0.15, 0.2) is 48.3 Å². The van der Waals surface area contributed by atoms with Gasteiger partial charge in [-0.2, -0.15) is 0 Å². The third kappa shape index (κ3) is 2.97. The average Bonchev–Trinajstić information content (AvgIpc) is 2.53. The molecule has 1 aromatic carbocycles. The second-order valence-corrected chi connectivity index (χ2v) is 4.28. The molecule has 0 radical (unpaired) electrons. The van der Waals surface area contributed by atoms with Gasteiger partial charge < -0.3 is 10.1 Å². The summed E-state index contributed by atoms with van der Waals surface area (Å²) in [5, 5.41) is 13.6. The van der Waals surface area contributed by atoms with E-state index in [1.54, 1.807) is 18.3 Å². The van der Waals surface area contributed by atoms with Crippen molar-refractivity contribution in [2.75, 3.05) is 7.11 Å². The van der Waals surface area contributed by atoms with E-state index < -0.39 is 22.6 Å².